The minimum absolute atomic E-state index is 0.249. The highest BCUT2D eigenvalue weighted by atomic mass is 35.5. The third-order valence-corrected chi connectivity index (χ3v) is 5.39. The average Bonchev–Trinajstić information content (AvgIpc) is 2.66. The maximum Gasteiger partial charge on any atom is 0.195 e. The molecule has 1 unspecified atom stereocenters. The fraction of sp³-hybridized carbons (Fsp3) is 0.0952. The van der Waals surface area contributed by atoms with Crippen molar-refractivity contribution in [1.29, 1.82) is 0 Å². The SMILES string of the molecule is COc1ccc(C2(O)c3cccc(Cl)c3C(=O)c3cccc(Cl)c32)cc1. The topological polar surface area (TPSA) is 46.5 Å². The molecule has 0 aromatic heterocycles. The van der Waals surface area contributed by atoms with Crippen LogP contribution < -0.4 is 4.74 Å². The van der Waals surface area contributed by atoms with E-state index in [2.05, 4.69) is 0 Å². The molecule has 1 aliphatic rings. The Bertz CT molecular complexity index is 1030. The molecule has 0 bridgehead atoms. The molecule has 26 heavy (non-hydrogen) atoms. The summed E-state index contributed by atoms with van der Waals surface area (Å²) in [6.45, 7) is 0. The number of hydrogen-bond donors (Lipinski definition) is 1. The molecule has 0 amide bonds. The van der Waals surface area contributed by atoms with Gasteiger partial charge >= 0.3 is 0 Å². The van der Waals surface area contributed by atoms with Gasteiger partial charge in [0, 0.05) is 27.3 Å². The Labute approximate surface area is 160 Å². The molecule has 0 saturated carbocycles. The van der Waals surface area contributed by atoms with Crippen molar-refractivity contribution in [2.24, 2.45) is 0 Å². The van der Waals surface area contributed by atoms with E-state index < -0.39 is 5.60 Å². The second kappa shape index (κ2) is 6.13. The van der Waals surface area contributed by atoms with Gasteiger partial charge in [0.15, 0.2) is 5.78 Å². The van der Waals surface area contributed by atoms with Crippen LogP contribution >= 0.6 is 23.2 Å². The molecule has 0 aliphatic heterocycles. The molecule has 1 N–H and O–H groups in total. The highest BCUT2D eigenvalue weighted by Crippen LogP contribution is 2.48. The molecule has 0 heterocycles. The molecule has 0 saturated heterocycles. The van der Waals surface area contributed by atoms with E-state index in [-0.39, 0.29) is 5.78 Å². The number of ketones is 1. The molecule has 0 fully saturated rings. The van der Waals surface area contributed by atoms with Crippen LogP contribution in [0.15, 0.2) is 60.7 Å². The van der Waals surface area contributed by atoms with E-state index in [1.165, 1.54) is 0 Å². The van der Waals surface area contributed by atoms with E-state index in [0.29, 0.717) is 43.6 Å². The van der Waals surface area contributed by atoms with Crippen molar-refractivity contribution < 1.29 is 14.6 Å². The first-order chi connectivity index (χ1) is 12.5. The zero-order valence-corrected chi connectivity index (χ0v) is 15.3. The van der Waals surface area contributed by atoms with Crippen molar-refractivity contribution in [3.05, 3.63) is 98.5 Å². The number of carbonyl (C=O) groups is 1. The summed E-state index contributed by atoms with van der Waals surface area (Å²) >= 11 is 12.8. The fourth-order valence-corrected chi connectivity index (χ4v) is 4.11. The molecule has 0 spiro atoms. The highest BCUT2D eigenvalue weighted by Gasteiger charge is 2.45. The Kier molecular flexibility index (Phi) is 4.03. The van der Waals surface area contributed by atoms with Crippen molar-refractivity contribution >= 4 is 29.0 Å². The van der Waals surface area contributed by atoms with Gasteiger partial charge in [-0.25, -0.2) is 0 Å². The van der Waals surface area contributed by atoms with E-state index >= 15 is 0 Å². The van der Waals surface area contributed by atoms with Crippen LogP contribution in [0, 0.1) is 0 Å². The van der Waals surface area contributed by atoms with Gasteiger partial charge in [0.05, 0.1) is 12.1 Å². The number of ether oxygens (including phenoxy) is 1. The third kappa shape index (κ3) is 2.28. The van der Waals surface area contributed by atoms with Gasteiger partial charge in [0.1, 0.15) is 11.4 Å². The van der Waals surface area contributed by atoms with E-state index in [1.54, 1.807) is 67.8 Å². The summed E-state index contributed by atoms with van der Waals surface area (Å²) in [7, 11) is 1.57. The predicted octanol–water partition coefficient (Wildman–Crippen LogP) is 4.83. The van der Waals surface area contributed by atoms with Crippen molar-refractivity contribution in [2.45, 2.75) is 5.60 Å². The molecule has 1 aliphatic carbocycles. The lowest BCUT2D eigenvalue weighted by molar-refractivity contribution is 0.0950. The summed E-state index contributed by atoms with van der Waals surface area (Å²) < 4.78 is 5.21. The molecule has 130 valence electrons. The number of hydrogen-bond acceptors (Lipinski definition) is 3. The molecule has 3 nitrogen and oxygen atoms in total. The fourth-order valence-electron chi connectivity index (χ4n) is 3.54. The molecule has 3 aromatic rings. The Morgan fingerprint density at radius 3 is 2.27 bits per heavy atom. The number of benzene rings is 3. The van der Waals surface area contributed by atoms with E-state index in [1.807, 2.05) is 0 Å². The Morgan fingerprint density at radius 2 is 1.58 bits per heavy atom. The maximum atomic E-state index is 13.0. The second-order valence-electron chi connectivity index (χ2n) is 6.09. The number of fused-ring (bicyclic) bond motifs is 2. The van der Waals surface area contributed by atoms with E-state index in [4.69, 9.17) is 27.9 Å². The van der Waals surface area contributed by atoms with Crippen LogP contribution in [0.5, 0.6) is 5.75 Å². The van der Waals surface area contributed by atoms with Gasteiger partial charge in [-0.3, -0.25) is 4.79 Å². The van der Waals surface area contributed by atoms with Crippen LogP contribution in [0.3, 0.4) is 0 Å². The van der Waals surface area contributed by atoms with Crippen LogP contribution in [0.25, 0.3) is 0 Å². The summed E-state index contributed by atoms with van der Waals surface area (Å²) in [6, 6.07) is 17.1. The summed E-state index contributed by atoms with van der Waals surface area (Å²) in [5, 5.41) is 12.5. The minimum atomic E-state index is -1.60. The Balaban J connectivity index is 2.10. The van der Waals surface area contributed by atoms with E-state index in [9.17, 15) is 9.90 Å². The van der Waals surface area contributed by atoms with Crippen molar-refractivity contribution in [1.82, 2.24) is 0 Å². The van der Waals surface area contributed by atoms with Gasteiger partial charge in [-0.1, -0.05) is 59.6 Å². The minimum Gasteiger partial charge on any atom is -0.497 e. The summed E-state index contributed by atoms with van der Waals surface area (Å²) in [6.07, 6.45) is 0. The van der Waals surface area contributed by atoms with Gasteiger partial charge in [0.2, 0.25) is 0 Å². The molecular formula is C21H14Cl2O3. The molecular weight excluding hydrogens is 371 g/mol. The monoisotopic (exact) mass is 384 g/mol. The van der Waals surface area contributed by atoms with Crippen LogP contribution in [-0.2, 0) is 5.60 Å². The van der Waals surface area contributed by atoms with Gasteiger partial charge in [0.25, 0.3) is 0 Å². The highest BCUT2D eigenvalue weighted by molar-refractivity contribution is 6.37. The van der Waals surface area contributed by atoms with Crippen LogP contribution in [0.2, 0.25) is 10.0 Å². The number of methoxy groups -OCH3 is 1. The molecule has 0 radical (unpaired) electrons. The number of rotatable bonds is 2. The Hall–Kier alpha value is -2.33. The van der Waals surface area contributed by atoms with Gasteiger partial charge in [-0.2, -0.15) is 0 Å². The largest absolute Gasteiger partial charge is 0.497 e. The van der Waals surface area contributed by atoms with Crippen molar-refractivity contribution in [2.75, 3.05) is 7.11 Å². The van der Waals surface area contributed by atoms with Crippen LogP contribution in [-0.4, -0.2) is 18.0 Å². The van der Waals surface area contributed by atoms with Crippen molar-refractivity contribution in [3.63, 3.8) is 0 Å². The number of aliphatic hydroxyl groups is 1. The van der Waals surface area contributed by atoms with Gasteiger partial charge in [-0.05, 0) is 29.8 Å². The lowest BCUT2D eigenvalue weighted by atomic mass is 9.71. The average molecular weight is 385 g/mol. The predicted molar refractivity (Wildman–Crippen MR) is 101 cm³/mol. The number of halogens is 2. The quantitative estimate of drug-likeness (QED) is 0.687. The normalized spacial score (nSPS) is 18.2. The molecule has 4 rings (SSSR count). The zero-order chi connectivity index (χ0) is 18.5. The van der Waals surface area contributed by atoms with Crippen molar-refractivity contribution in [3.8, 4) is 5.75 Å². The summed E-state index contributed by atoms with van der Waals surface area (Å²) in [5.74, 6) is 0.413. The molecule has 1 atom stereocenters. The summed E-state index contributed by atoms with van der Waals surface area (Å²) in [4.78, 5) is 13.0. The van der Waals surface area contributed by atoms with Crippen LogP contribution in [0.4, 0.5) is 0 Å². The lowest BCUT2D eigenvalue weighted by Crippen LogP contribution is -2.37. The smallest absolute Gasteiger partial charge is 0.195 e. The number of carbonyl (C=O) groups excluding carboxylic acids is 1. The van der Waals surface area contributed by atoms with Gasteiger partial charge in [-0.15, -0.1) is 0 Å². The zero-order valence-electron chi connectivity index (χ0n) is 13.8. The second-order valence-corrected chi connectivity index (χ2v) is 6.91. The van der Waals surface area contributed by atoms with E-state index in [0.717, 1.165) is 0 Å². The van der Waals surface area contributed by atoms with Gasteiger partial charge < -0.3 is 9.84 Å². The first kappa shape index (κ1) is 17.1. The maximum absolute atomic E-state index is 13.0. The van der Waals surface area contributed by atoms with Crippen LogP contribution in [0.1, 0.15) is 32.6 Å². The Morgan fingerprint density at radius 1 is 0.923 bits per heavy atom. The first-order valence-electron chi connectivity index (χ1n) is 7.98. The summed E-state index contributed by atoms with van der Waals surface area (Å²) in [5.41, 5.74) is 0.392. The lowest BCUT2D eigenvalue weighted by Gasteiger charge is -2.37. The molecule has 5 heteroatoms. The third-order valence-electron chi connectivity index (χ3n) is 4.76. The standard InChI is InChI=1S/C21H14Cl2O3/c1-26-13-10-8-12(9-11-13)21(25)15-5-3-6-16(22)18(15)20(24)14-4-2-7-17(23)19(14)21/h2-11,25H,1H3. The first-order valence-corrected chi connectivity index (χ1v) is 8.73. The molecule has 3 aromatic carbocycles.